The lowest BCUT2D eigenvalue weighted by molar-refractivity contribution is -0.138. The topological polar surface area (TPSA) is 78.9 Å². The molecule has 1 heterocycles. The highest BCUT2D eigenvalue weighted by Gasteiger charge is 2.38. The van der Waals surface area contributed by atoms with E-state index in [0.717, 1.165) is 58.2 Å². The van der Waals surface area contributed by atoms with Crippen LogP contribution in [0, 0.1) is 5.92 Å². The summed E-state index contributed by atoms with van der Waals surface area (Å²) in [7, 11) is 1.70. The molecule has 21 heavy (non-hydrogen) atoms. The van der Waals surface area contributed by atoms with Crippen molar-refractivity contribution in [2.75, 3.05) is 26.8 Å². The fraction of sp³-hybridized carbons (Fsp3) is 0.867. The van der Waals surface area contributed by atoms with Crippen molar-refractivity contribution in [1.29, 1.82) is 0 Å². The molecule has 0 bridgehead atoms. The normalized spacial score (nSPS) is 22.2. The monoisotopic (exact) mass is 298 g/mol. The number of hydrogen-bond acceptors (Lipinski definition) is 3. The number of carboxylic acid groups (broad SMARTS) is 1. The van der Waals surface area contributed by atoms with E-state index in [-0.39, 0.29) is 12.5 Å². The molecule has 0 spiro atoms. The summed E-state index contributed by atoms with van der Waals surface area (Å²) in [6.45, 7) is 2.20. The zero-order valence-corrected chi connectivity index (χ0v) is 12.8. The molecule has 0 aromatic heterocycles. The highest BCUT2D eigenvalue weighted by atomic mass is 16.5. The van der Waals surface area contributed by atoms with E-state index < -0.39 is 11.5 Å². The summed E-state index contributed by atoms with van der Waals surface area (Å²) in [5, 5.41) is 12.1. The van der Waals surface area contributed by atoms with E-state index in [1.54, 1.807) is 7.11 Å². The Labute approximate surface area is 125 Å². The largest absolute Gasteiger partial charge is 0.481 e. The summed E-state index contributed by atoms with van der Waals surface area (Å²) in [5.74, 6) is -0.311. The minimum Gasteiger partial charge on any atom is -0.481 e. The van der Waals surface area contributed by atoms with Crippen molar-refractivity contribution >= 4 is 12.0 Å². The molecule has 1 saturated heterocycles. The lowest BCUT2D eigenvalue weighted by Gasteiger charge is -2.36. The van der Waals surface area contributed by atoms with Gasteiger partial charge in [-0.1, -0.05) is 12.8 Å². The molecule has 0 unspecified atom stereocenters. The molecule has 1 aliphatic carbocycles. The molecule has 6 heteroatoms. The number of ether oxygens (including phenoxy) is 1. The number of likely N-dealkylation sites (tertiary alicyclic amines) is 1. The molecule has 2 aliphatic rings. The number of methoxy groups -OCH3 is 1. The molecule has 0 aromatic rings. The fourth-order valence-electron chi connectivity index (χ4n) is 3.53. The second-order valence-electron chi connectivity index (χ2n) is 6.37. The highest BCUT2D eigenvalue weighted by molar-refractivity contribution is 5.77. The molecule has 2 N–H and O–H groups in total. The minimum absolute atomic E-state index is 0.0267. The predicted octanol–water partition coefficient (Wildman–Crippen LogP) is 1.84. The second-order valence-corrected chi connectivity index (χ2v) is 6.37. The second kappa shape index (κ2) is 7.11. The highest BCUT2D eigenvalue weighted by Crippen LogP contribution is 2.33. The number of carbonyl (C=O) groups excluding carboxylic acids is 1. The Bertz CT molecular complexity index is 372. The maximum absolute atomic E-state index is 12.4. The third-order valence-corrected chi connectivity index (χ3v) is 4.73. The first-order valence-corrected chi connectivity index (χ1v) is 7.82. The number of aliphatic carboxylic acids is 1. The van der Waals surface area contributed by atoms with E-state index in [9.17, 15) is 9.59 Å². The Balaban J connectivity index is 1.87. The van der Waals surface area contributed by atoms with Crippen LogP contribution in [0.5, 0.6) is 0 Å². The number of nitrogens with one attached hydrogen (secondary N) is 1. The van der Waals surface area contributed by atoms with Gasteiger partial charge in [-0.15, -0.1) is 0 Å². The van der Waals surface area contributed by atoms with Gasteiger partial charge in [-0.3, -0.25) is 4.79 Å². The van der Waals surface area contributed by atoms with Gasteiger partial charge in [0.05, 0.1) is 12.0 Å². The van der Waals surface area contributed by atoms with Gasteiger partial charge in [0.15, 0.2) is 0 Å². The SMILES string of the molecule is COCC1CCN(C(=O)NC2(CC(=O)O)CCCC2)CC1. The summed E-state index contributed by atoms with van der Waals surface area (Å²) in [4.78, 5) is 25.3. The Morgan fingerprint density at radius 3 is 2.43 bits per heavy atom. The van der Waals surface area contributed by atoms with Gasteiger partial charge < -0.3 is 20.1 Å². The molecule has 2 rings (SSSR count). The van der Waals surface area contributed by atoms with Crippen LogP contribution in [0.1, 0.15) is 44.9 Å². The van der Waals surface area contributed by atoms with Crippen molar-refractivity contribution in [1.82, 2.24) is 10.2 Å². The maximum atomic E-state index is 12.4. The lowest BCUT2D eigenvalue weighted by atomic mass is 9.93. The van der Waals surface area contributed by atoms with Gasteiger partial charge in [0.2, 0.25) is 0 Å². The van der Waals surface area contributed by atoms with Crippen molar-refractivity contribution in [3.8, 4) is 0 Å². The van der Waals surface area contributed by atoms with E-state index in [1.807, 2.05) is 4.90 Å². The van der Waals surface area contributed by atoms with Crippen molar-refractivity contribution in [2.24, 2.45) is 5.92 Å². The van der Waals surface area contributed by atoms with Gasteiger partial charge in [0.25, 0.3) is 0 Å². The van der Waals surface area contributed by atoms with Crippen LogP contribution in [0.4, 0.5) is 4.79 Å². The summed E-state index contributed by atoms with van der Waals surface area (Å²) in [6, 6.07) is -0.103. The molecule has 1 saturated carbocycles. The first-order chi connectivity index (χ1) is 10.0. The van der Waals surface area contributed by atoms with Crippen LogP contribution in [-0.4, -0.2) is 54.4 Å². The number of amides is 2. The summed E-state index contributed by atoms with van der Waals surface area (Å²) >= 11 is 0. The molecular formula is C15H26N2O4. The van der Waals surface area contributed by atoms with Crippen LogP contribution in [0.2, 0.25) is 0 Å². The van der Waals surface area contributed by atoms with Gasteiger partial charge in [-0.05, 0) is 31.6 Å². The third-order valence-electron chi connectivity index (χ3n) is 4.73. The van der Waals surface area contributed by atoms with Gasteiger partial charge in [-0.25, -0.2) is 4.79 Å². The Kier molecular flexibility index (Phi) is 5.45. The quantitative estimate of drug-likeness (QED) is 0.812. The number of urea groups is 1. The average Bonchev–Trinajstić information content (AvgIpc) is 2.87. The smallest absolute Gasteiger partial charge is 0.317 e. The molecule has 0 atom stereocenters. The van der Waals surface area contributed by atoms with Crippen molar-refractivity contribution in [3.63, 3.8) is 0 Å². The van der Waals surface area contributed by atoms with E-state index in [1.165, 1.54) is 0 Å². The first kappa shape index (κ1) is 16.1. The molecule has 0 radical (unpaired) electrons. The summed E-state index contributed by atoms with van der Waals surface area (Å²) in [6.07, 6.45) is 5.45. The van der Waals surface area contributed by atoms with Gasteiger partial charge >= 0.3 is 12.0 Å². The van der Waals surface area contributed by atoms with Crippen LogP contribution in [-0.2, 0) is 9.53 Å². The van der Waals surface area contributed by atoms with E-state index in [4.69, 9.17) is 9.84 Å². The predicted molar refractivity (Wildman–Crippen MR) is 78.2 cm³/mol. The lowest BCUT2D eigenvalue weighted by Crippen LogP contribution is -2.54. The van der Waals surface area contributed by atoms with E-state index >= 15 is 0 Å². The molecule has 0 aromatic carbocycles. The van der Waals surface area contributed by atoms with Gasteiger partial charge in [0.1, 0.15) is 0 Å². The molecule has 6 nitrogen and oxygen atoms in total. The Morgan fingerprint density at radius 1 is 1.29 bits per heavy atom. The zero-order chi connectivity index (χ0) is 15.3. The maximum Gasteiger partial charge on any atom is 0.317 e. The van der Waals surface area contributed by atoms with Crippen LogP contribution >= 0.6 is 0 Å². The Morgan fingerprint density at radius 2 is 1.90 bits per heavy atom. The van der Waals surface area contributed by atoms with Crippen LogP contribution < -0.4 is 5.32 Å². The van der Waals surface area contributed by atoms with Crippen molar-refractivity contribution in [3.05, 3.63) is 0 Å². The third kappa shape index (κ3) is 4.33. The number of hydrogen-bond donors (Lipinski definition) is 2. The van der Waals surface area contributed by atoms with Crippen LogP contribution in [0.15, 0.2) is 0 Å². The molecule has 2 amide bonds. The number of rotatable bonds is 5. The van der Waals surface area contributed by atoms with E-state index in [2.05, 4.69) is 5.32 Å². The zero-order valence-electron chi connectivity index (χ0n) is 12.8. The fourth-order valence-corrected chi connectivity index (χ4v) is 3.53. The summed E-state index contributed by atoms with van der Waals surface area (Å²) in [5.41, 5.74) is -0.535. The van der Waals surface area contributed by atoms with Crippen LogP contribution in [0.3, 0.4) is 0 Å². The average molecular weight is 298 g/mol. The van der Waals surface area contributed by atoms with Gasteiger partial charge in [0, 0.05) is 26.8 Å². The molecule has 120 valence electrons. The Hall–Kier alpha value is -1.30. The standard InChI is InChI=1S/C15H26N2O4/c1-21-11-12-4-8-17(9-5-12)14(20)16-15(10-13(18)19)6-2-3-7-15/h12H,2-11H2,1H3,(H,16,20)(H,18,19). The number of piperidine rings is 1. The molecule has 2 fully saturated rings. The van der Waals surface area contributed by atoms with Crippen molar-refractivity contribution < 1.29 is 19.4 Å². The summed E-state index contributed by atoms with van der Waals surface area (Å²) < 4.78 is 5.16. The van der Waals surface area contributed by atoms with Gasteiger partial charge in [-0.2, -0.15) is 0 Å². The first-order valence-electron chi connectivity index (χ1n) is 7.82. The molecular weight excluding hydrogens is 272 g/mol. The number of nitrogens with zero attached hydrogens (tertiary/aromatic N) is 1. The van der Waals surface area contributed by atoms with Crippen molar-refractivity contribution in [2.45, 2.75) is 50.5 Å². The minimum atomic E-state index is -0.837. The van der Waals surface area contributed by atoms with E-state index in [0.29, 0.717) is 5.92 Å². The number of carboxylic acids is 1. The number of carbonyl (C=O) groups is 2. The van der Waals surface area contributed by atoms with Crippen LogP contribution in [0.25, 0.3) is 0 Å². The molecule has 1 aliphatic heterocycles.